The summed E-state index contributed by atoms with van der Waals surface area (Å²) in [5.74, 6) is 2.07. The van der Waals surface area contributed by atoms with Crippen LogP contribution in [0, 0.1) is 5.92 Å². The van der Waals surface area contributed by atoms with E-state index in [-0.39, 0.29) is 6.04 Å². The van der Waals surface area contributed by atoms with Crippen LogP contribution in [0.3, 0.4) is 0 Å². The Hall–Kier alpha value is -1.42. The van der Waals surface area contributed by atoms with Crippen molar-refractivity contribution >= 4 is 5.69 Å². The predicted octanol–water partition coefficient (Wildman–Crippen LogP) is 1.81. The molecule has 0 aromatic heterocycles. The molecule has 0 amide bonds. The lowest BCUT2D eigenvalue weighted by molar-refractivity contribution is 0.174. The third-order valence-corrected chi connectivity index (χ3v) is 2.77. The number of fused-ring (bicyclic) bond motifs is 1. The van der Waals surface area contributed by atoms with Gasteiger partial charge in [-0.15, -0.1) is 0 Å². The number of benzene rings is 1. The van der Waals surface area contributed by atoms with Gasteiger partial charge in [-0.05, 0) is 18.1 Å². The molecule has 1 atom stereocenters. The summed E-state index contributed by atoms with van der Waals surface area (Å²) in [4.78, 5) is 0. The van der Waals surface area contributed by atoms with Gasteiger partial charge in [0.05, 0.1) is 0 Å². The Balaban J connectivity index is 1.95. The lowest BCUT2D eigenvalue weighted by Crippen LogP contribution is -2.33. The van der Waals surface area contributed by atoms with Crippen molar-refractivity contribution < 1.29 is 9.47 Å². The summed E-state index contributed by atoms with van der Waals surface area (Å²) in [6, 6.07) is 5.98. The molecule has 0 spiro atoms. The number of anilines is 1. The molecule has 1 aliphatic heterocycles. The Morgan fingerprint density at radius 1 is 1.31 bits per heavy atom. The molecule has 0 aliphatic carbocycles. The summed E-state index contributed by atoms with van der Waals surface area (Å²) in [5, 5.41) is 3.29. The first-order valence-corrected chi connectivity index (χ1v) is 5.56. The Labute approximate surface area is 95.7 Å². The van der Waals surface area contributed by atoms with Crippen LogP contribution in [-0.2, 0) is 0 Å². The predicted molar refractivity (Wildman–Crippen MR) is 63.9 cm³/mol. The minimum Gasteiger partial charge on any atom is -0.454 e. The van der Waals surface area contributed by atoms with Gasteiger partial charge in [0.1, 0.15) is 0 Å². The second-order valence-corrected chi connectivity index (χ2v) is 4.36. The molecular weight excluding hydrogens is 204 g/mol. The maximum Gasteiger partial charge on any atom is 0.231 e. The van der Waals surface area contributed by atoms with E-state index in [1.54, 1.807) is 0 Å². The first-order valence-electron chi connectivity index (χ1n) is 5.56. The van der Waals surface area contributed by atoms with E-state index in [4.69, 9.17) is 15.2 Å². The average molecular weight is 222 g/mol. The number of nitrogens with one attached hydrogen (secondary N) is 1. The minimum absolute atomic E-state index is 0.158. The smallest absolute Gasteiger partial charge is 0.231 e. The van der Waals surface area contributed by atoms with Gasteiger partial charge in [0.2, 0.25) is 6.79 Å². The molecule has 3 N–H and O–H groups in total. The molecule has 0 saturated carbocycles. The standard InChI is InChI=1S/C12H18N2O2/c1-8(2)10(13)6-14-9-3-4-11-12(5-9)16-7-15-11/h3-5,8,10,14H,6-7,13H2,1-2H3. The molecule has 0 saturated heterocycles. The molecule has 1 unspecified atom stereocenters. The fraction of sp³-hybridized carbons (Fsp3) is 0.500. The number of ether oxygens (including phenoxy) is 2. The van der Waals surface area contributed by atoms with Gasteiger partial charge in [-0.1, -0.05) is 13.8 Å². The summed E-state index contributed by atoms with van der Waals surface area (Å²) < 4.78 is 10.5. The largest absolute Gasteiger partial charge is 0.454 e. The van der Waals surface area contributed by atoms with Gasteiger partial charge in [0.25, 0.3) is 0 Å². The van der Waals surface area contributed by atoms with E-state index < -0.39 is 0 Å². The fourth-order valence-corrected chi connectivity index (χ4v) is 1.48. The van der Waals surface area contributed by atoms with Crippen LogP contribution in [0.4, 0.5) is 5.69 Å². The number of hydrogen-bond acceptors (Lipinski definition) is 4. The van der Waals surface area contributed by atoms with Crippen LogP contribution in [-0.4, -0.2) is 19.4 Å². The molecule has 2 rings (SSSR count). The van der Waals surface area contributed by atoms with Gasteiger partial charge in [-0.3, -0.25) is 0 Å². The third kappa shape index (κ3) is 2.39. The molecule has 0 fully saturated rings. The van der Waals surface area contributed by atoms with Gasteiger partial charge >= 0.3 is 0 Å². The van der Waals surface area contributed by atoms with Crippen LogP contribution in [0.15, 0.2) is 18.2 Å². The molecule has 0 bridgehead atoms. The Morgan fingerprint density at radius 2 is 2.06 bits per heavy atom. The van der Waals surface area contributed by atoms with Crippen LogP contribution in [0.25, 0.3) is 0 Å². The van der Waals surface area contributed by atoms with Crippen LogP contribution in [0.5, 0.6) is 11.5 Å². The monoisotopic (exact) mass is 222 g/mol. The van der Waals surface area contributed by atoms with Gasteiger partial charge in [-0.25, -0.2) is 0 Å². The zero-order chi connectivity index (χ0) is 11.5. The van der Waals surface area contributed by atoms with Crippen molar-refractivity contribution in [3.05, 3.63) is 18.2 Å². The summed E-state index contributed by atoms with van der Waals surface area (Å²) in [5.41, 5.74) is 6.97. The van der Waals surface area contributed by atoms with Gasteiger partial charge in [0.15, 0.2) is 11.5 Å². The summed E-state index contributed by atoms with van der Waals surface area (Å²) in [7, 11) is 0. The first kappa shape index (κ1) is 11.1. The van der Waals surface area contributed by atoms with E-state index in [2.05, 4.69) is 19.2 Å². The molecule has 1 aromatic rings. The zero-order valence-electron chi connectivity index (χ0n) is 9.69. The molecule has 1 heterocycles. The lowest BCUT2D eigenvalue weighted by atomic mass is 10.1. The molecular formula is C12H18N2O2. The highest BCUT2D eigenvalue weighted by Crippen LogP contribution is 2.34. The third-order valence-electron chi connectivity index (χ3n) is 2.77. The number of rotatable bonds is 4. The molecule has 0 radical (unpaired) electrons. The summed E-state index contributed by atoms with van der Waals surface area (Å²) in [6.45, 7) is 5.31. The molecule has 1 aromatic carbocycles. The Kier molecular flexibility index (Phi) is 3.19. The number of hydrogen-bond donors (Lipinski definition) is 2. The first-order chi connectivity index (χ1) is 7.66. The van der Waals surface area contributed by atoms with Crippen LogP contribution in [0.1, 0.15) is 13.8 Å². The minimum atomic E-state index is 0.158. The van der Waals surface area contributed by atoms with Crippen LogP contribution >= 0.6 is 0 Å². The van der Waals surface area contributed by atoms with Gasteiger partial charge in [0, 0.05) is 24.3 Å². The van der Waals surface area contributed by atoms with Crippen molar-refractivity contribution in [2.75, 3.05) is 18.7 Å². The molecule has 4 heteroatoms. The van der Waals surface area contributed by atoms with E-state index in [1.807, 2.05) is 18.2 Å². The number of nitrogens with two attached hydrogens (primary N) is 1. The maximum atomic E-state index is 5.96. The fourth-order valence-electron chi connectivity index (χ4n) is 1.48. The quantitative estimate of drug-likeness (QED) is 0.815. The van der Waals surface area contributed by atoms with Gasteiger partial charge < -0.3 is 20.5 Å². The summed E-state index contributed by atoms with van der Waals surface area (Å²) >= 11 is 0. The van der Waals surface area contributed by atoms with Crippen molar-refractivity contribution in [2.24, 2.45) is 11.7 Å². The van der Waals surface area contributed by atoms with E-state index >= 15 is 0 Å². The highest BCUT2D eigenvalue weighted by molar-refractivity contribution is 5.55. The Morgan fingerprint density at radius 3 is 2.81 bits per heavy atom. The van der Waals surface area contributed by atoms with Crippen molar-refractivity contribution in [2.45, 2.75) is 19.9 Å². The summed E-state index contributed by atoms with van der Waals surface area (Å²) in [6.07, 6.45) is 0. The topological polar surface area (TPSA) is 56.5 Å². The van der Waals surface area contributed by atoms with Gasteiger partial charge in [-0.2, -0.15) is 0 Å². The van der Waals surface area contributed by atoms with Crippen LogP contribution < -0.4 is 20.5 Å². The second-order valence-electron chi connectivity index (χ2n) is 4.36. The maximum absolute atomic E-state index is 5.96. The van der Waals surface area contributed by atoms with Crippen molar-refractivity contribution in [3.63, 3.8) is 0 Å². The lowest BCUT2D eigenvalue weighted by Gasteiger charge is -2.17. The van der Waals surface area contributed by atoms with Crippen LogP contribution in [0.2, 0.25) is 0 Å². The molecule has 88 valence electrons. The molecule has 16 heavy (non-hydrogen) atoms. The molecule has 1 aliphatic rings. The van der Waals surface area contributed by atoms with Crippen molar-refractivity contribution in [1.29, 1.82) is 0 Å². The highest BCUT2D eigenvalue weighted by Gasteiger charge is 2.13. The normalized spacial score (nSPS) is 15.2. The van der Waals surface area contributed by atoms with E-state index in [9.17, 15) is 0 Å². The SMILES string of the molecule is CC(C)C(N)CNc1ccc2c(c1)OCO2. The Bertz CT molecular complexity index is 366. The van der Waals surface area contributed by atoms with Crippen molar-refractivity contribution in [1.82, 2.24) is 0 Å². The van der Waals surface area contributed by atoms with E-state index in [1.165, 1.54) is 0 Å². The van der Waals surface area contributed by atoms with Crippen molar-refractivity contribution in [3.8, 4) is 11.5 Å². The van der Waals surface area contributed by atoms with E-state index in [0.29, 0.717) is 12.7 Å². The highest BCUT2D eigenvalue weighted by atomic mass is 16.7. The average Bonchev–Trinajstić information content (AvgIpc) is 2.72. The second kappa shape index (κ2) is 4.61. The van der Waals surface area contributed by atoms with E-state index in [0.717, 1.165) is 23.7 Å². The molecule has 4 nitrogen and oxygen atoms in total. The zero-order valence-corrected chi connectivity index (χ0v) is 9.69.